The maximum atomic E-state index is 14.1. The van der Waals surface area contributed by atoms with Crippen LogP contribution in [0.5, 0.6) is 0 Å². The van der Waals surface area contributed by atoms with Crippen molar-refractivity contribution >= 4 is 45.9 Å². The molecule has 9 nitrogen and oxygen atoms in total. The van der Waals surface area contributed by atoms with E-state index in [0.29, 0.717) is 35.3 Å². The summed E-state index contributed by atoms with van der Waals surface area (Å²) >= 11 is 6.29. The van der Waals surface area contributed by atoms with E-state index in [-0.39, 0.29) is 17.5 Å². The first kappa shape index (κ1) is 28.2. The number of likely N-dealkylation sites (N-methyl/N-ethyl adjacent to an activating group) is 1. The second-order valence-corrected chi connectivity index (χ2v) is 11.8. The summed E-state index contributed by atoms with van der Waals surface area (Å²) in [7, 11) is 2.16. The molecule has 4 heterocycles. The largest absolute Gasteiger partial charge is 0.369 e. The molecule has 2 aromatic carbocycles. The standard InChI is InChI=1S/C32H36ClN7O2/c1-21-16-26(9-10-29(21)38-14-12-37(3)13-15-38)35-32-34-19-24-18-28(23-6-4-7-25(33)17-23)31(42)40(30(24)36-32)27-8-5-11-39(20-27)22(2)41/h4,6-7,9-10,16-19,27H,5,8,11-15,20H2,1-3H3,(H,34,35,36)/t27-/m0/s1. The quantitative estimate of drug-likeness (QED) is 0.349. The number of hydrogen-bond acceptors (Lipinski definition) is 7. The Balaban J connectivity index is 1.38. The van der Waals surface area contributed by atoms with Crippen LogP contribution in [0.25, 0.3) is 22.2 Å². The molecule has 2 fully saturated rings. The van der Waals surface area contributed by atoms with Gasteiger partial charge in [0, 0.05) is 79.7 Å². The van der Waals surface area contributed by atoms with Gasteiger partial charge in [0.25, 0.3) is 5.56 Å². The van der Waals surface area contributed by atoms with E-state index in [2.05, 4.69) is 52.3 Å². The maximum Gasteiger partial charge on any atom is 0.260 e. The lowest BCUT2D eigenvalue weighted by atomic mass is 10.0. The topological polar surface area (TPSA) is 86.6 Å². The zero-order valence-electron chi connectivity index (χ0n) is 24.3. The Morgan fingerprint density at radius 3 is 2.60 bits per heavy atom. The molecular weight excluding hydrogens is 550 g/mol. The molecule has 218 valence electrons. The number of rotatable bonds is 5. The molecule has 42 heavy (non-hydrogen) atoms. The summed E-state index contributed by atoms with van der Waals surface area (Å²) < 4.78 is 1.76. The Morgan fingerprint density at radius 1 is 1.05 bits per heavy atom. The number of halogens is 1. The SMILES string of the molecule is CC(=O)N1CCC[C@H](n2c(=O)c(-c3cccc(Cl)c3)cc3cnc(Nc4ccc(N5CCN(C)CC5)c(C)c4)nc32)C1. The average Bonchev–Trinajstić information content (AvgIpc) is 2.97. The third kappa shape index (κ3) is 5.71. The van der Waals surface area contributed by atoms with Gasteiger partial charge >= 0.3 is 0 Å². The summed E-state index contributed by atoms with van der Waals surface area (Å²) in [5.74, 6) is 0.424. The number of nitrogens with one attached hydrogen (secondary N) is 1. The minimum Gasteiger partial charge on any atom is -0.369 e. The van der Waals surface area contributed by atoms with Crippen molar-refractivity contribution in [2.75, 3.05) is 56.5 Å². The number of piperazine rings is 1. The molecule has 10 heteroatoms. The highest BCUT2D eigenvalue weighted by Gasteiger charge is 2.27. The molecule has 0 spiro atoms. The monoisotopic (exact) mass is 585 g/mol. The summed E-state index contributed by atoms with van der Waals surface area (Å²) in [6.07, 6.45) is 3.35. The van der Waals surface area contributed by atoms with Crippen molar-refractivity contribution < 1.29 is 4.79 Å². The smallest absolute Gasteiger partial charge is 0.260 e. The number of carbonyl (C=O) groups is 1. The van der Waals surface area contributed by atoms with Crippen LogP contribution in [0.3, 0.4) is 0 Å². The van der Waals surface area contributed by atoms with Crippen molar-refractivity contribution in [2.45, 2.75) is 32.7 Å². The molecule has 0 aliphatic carbocycles. The van der Waals surface area contributed by atoms with E-state index in [9.17, 15) is 9.59 Å². The van der Waals surface area contributed by atoms with E-state index < -0.39 is 0 Å². The molecule has 2 aliphatic heterocycles. The molecular formula is C32H36ClN7O2. The number of carbonyl (C=O) groups excluding carboxylic acids is 1. The zero-order chi connectivity index (χ0) is 29.4. The number of pyridine rings is 1. The van der Waals surface area contributed by atoms with Gasteiger partial charge in [0.2, 0.25) is 11.9 Å². The van der Waals surface area contributed by atoms with Crippen molar-refractivity contribution in [3.63, 3.8) is 0 Å². The van der Waals surface area contributed by atoms with Crippen molar-refractivity contribution in [3.05, 3.63) is 75.7 Å². The van der Waals surface area contributed by atoms with Crippen LogP contribution in [0, 0.1) is 6.92 Å². The van der Waals surface area contributed by atoms with Gasteiger partial charge in [-0.3, -0.25) is 14.2 Å². The normalized spacial score (nSPS) is 18.0. The Hall–Kier alpha value is -3.95. The minimum absolute atomic E-state index is 0.00965. The number of nitrogens with zero attached hydrogens (tertiary/aromatic N) is 6. The van der Waals surface area contributed by atoms with Crippen molar-refractivity contribution in [3.8, 4) is 11.1 Å². The predicted octanol–water partition coefficient (Wildman–Crippen LogP) is 5.10. The fraction of sp³-hybridized carbons (Fsp3) is 0.375. The molecule has 0 radical (unpaired) electrons. The number of piperidine rings is 1. The van der Waals surface area contributed by atoms with Crippen molar-refractivity contribution in [1.82, 2.24) is 24.3 Å². The van der Waals surface area contributed by atoms with Crippen LogP contribution in [-0.2, 0) is 4.79 Å². The zero-order valence-corrected chi connectivity index (χ0v) is 25.1. The highest BCUT2D eigenvalue weighted by atomic mass is 35.5. The highest BCUT2D eigenvalue weighted by molar-refractivity contribution is 6.30. The summed E-state index contributed by atoms with van der Waals surface area (Å²) in [6, 6.07) is 15.2. The minimum atomic E-state index is -0.204. The van der Waals surface area contributed by atoms with E-state index in [1.54, 1.807) is 29.8 Å². The van der Waals surface area contributed by atoms with E-state index in [1.807, 2.05) is 23.1 Å². The van der Waals surface area contributed by atoms with Crippen LogP contribution in [0.1, 0.15) is 31.4 Å². The molecule has 2 aromatic heterocycles. The fourth-order valence-corrected chi connectivity index (χ4v) is 6.29. The van der Waals surface area contributed by atoms with Gasteiger partial charge in [-0.15, -0.1) is 0 Å². The van der Waals surface area contributed by atoms with Crippen LogP contribution < -0.4 is 15.8 Å². The lowest BCUT2D eigenvalue weighted by Crippen LogP contribution is -2.44. The van der Waals surface area contributed by atoms with Gasteiger partial charge in [-0.1, -0.05) is 23.7 Å². The molecule has 1 amide bonds. The van der Waals surface area contributed by atoms with E-state index in [0.717, 1.165) is 55.7 Å². The highest BCUT2D eigenvalue weighted by Crippen LogP contribution is 2.30. The Labute approximate surface area is 250 Å². The Kier molecular flexibility index (Phi) is 7.88. The molecule has 1 atom stereocenters. The Bertz CT molecular complexity index is 1700. The molecule has 6 rings (SSSR count). The number of fused-ring (bicyclic) bond motifs is 1. The Morgan fingerprint density at radius 2 is 1.86 bits per heavy atom. The summed E-state index contributed by atoms with van der Waals surface area (Å²) in [5.41, 5.74) is 4.96. The number of likely N-dealkylation sites (tertiary alicyclic amines) is 1. The number of anilines is 3. The van der Waals surface area contributed by atoms with Gasteiger partial charge in [0.05, 0.1) is 6.04 Å². The van der Waals surface area contributed by atoms with Gasteiger partial charge < -0.3 is 20.0 Å². The molecule has 2 aliphatic rings. The summed E-state index contributed by atoms with van der Waals surface area (Å²) in [5, 5.41) is 4.66. The maximum absolute atomic E-state index is 14.1. The van der Waals surface area contributed by atoms with Crippen molar-refractivity contribution in [1.29, 1.82) is 0 Å². The third-order valence-corrected chi connectivity index (χ3v) is 8.65. The first-order valence-corrected chi connectivity index (χ1v) is 14.9. The van der Waals surface area contributed by atoms with E-state index >= 15 is 0 Å². The molecule has 2 saturated heterocycles. The molecule has 4 aromatic rings. The summed E-state index contributed by atoms with van der Waals surface area (Å²) in [6.45, 7) is 8.98. The van der Waals surface area contributed by atoms with Crippen LogP contribution in [0.4, 0.5) is 17.3 Å². The number of amides is 1. The molecule has 1 N–H and O–H groups in total. The van der Waals surface area contributed by atoms with Crippen molar-refractivity contribution in [2.24, 2.45) is 0 Å². The molecule has 0 bridgehead atoms. The van der Waals surface area contributed by atoms with E-state index in [1.165, 1.54) is 11.3 Å². The number of hydrogen-bond donors (Lipinski definition) is 1. The van der Waals surface area contributed by atoms with Crippen LogP contribution >= 0.6 is 11.6 Å². The first-order valence-electron chi connectivity index (χ1n) is 14.5. The number of aromatic nitrogens is 3. The number of aryl methyl sites for hydroxylation is 1. The third-order valence-electron chi connectivity index (χ3n) is 8.41. The fourth-order valence-electron chi connectivity index (χ4n) is 6.10. The molecule has 0 saturated carbocycles. The van der Waals surface area contributed by atoms with Crippen LogP contribution in [0.15, 0.2) is 59.5 Å². The second kappa shape index (κ2) is 11.7. The number of benzene rings is 2. The van der Waals surface area contributed by atoms with Gasteiger partial charge in [-0.2, -0.15) is 4.98 Å². The van der Waals surface area contributed by atoms with Gasteiger partial charge in [-0.05, 0) is 74.3 Å². The average molecular weight is 586 g/mol. The van der Waals surface area contributed by atoms with Gasteiger partial charge in [0.1, 0.15) is 5.65 Å². The van der Waals surface area contributed by atoms with Crippen LogP contribution in [-0.4, -0.2) is 76.6 Å². The van der Waals surface area contributed by atoms with E-state index in [4.69, 9.17) is 16.6 Å². The predicted molar refractivity (Wildman–Crippen MR) is 169 cm³/mol. The van der Waals surface area contributed by atoms with Crippen LogP contribution in [0.2, 0.25) is 5.02 Å². The van der Waals surface area contributed by atoms with Gasteiger partial charge in [0.15, 0.2) is 0 Å². The summed E-state index contributed by atoms with van der Waals surface area (Å²) in [4.78, 5) is 42.5. The lowest BCUT2D eigenvalue weighted by molar-refractivity contribution is -0.130. The second-order valence-electron chi connectivity index (χ2n) is 11.4. The van der Waals surface area contributed by atoms with Gasteiger partial charge in [-0.25, -0.2) is 4.98 Å². The molecule has 0 unspecified atom stereocenters. The lowest BCUT2D eigenvalue weighted by Gasteiger charge is -2.35. The first-order chi connectivity index (χ1) is 20.3.